The molecule has 2 aromatic carbocycles. The molecule has 140 valence electrons. The van der Waals surface area contributed by atoms with Crippen molar-refractivity contribution in [2.45, 2.75) is 26.3 Å². The standard InChI is InChI=1S/C20H19Cl2N3O2/c1-12(2)8-18(20(27)24-15-5-3-4-13(9-15)11-23)25-19(26)16-7-6-14(21)10-17(16)22/h3-7,9-10,12,18H,8H2,1-2H3,(H,24,27)(H,25,26)/t18-/m1/s1. The molecule has 0 aromatic heterocycles. The molecule has 0 saturated carbocycles. The van der Waals surface area contributed by atoms with E-state index in [1.807, 2.05) is 19.9 Å². The van der Waals surface area contributed by atoms with Crippen LogP contribution in [0.15, 0.2) is 42.5 Å². The largest absolute Gasteiger partial charge is 0.340 e. The highest BCUT2D eigenvalue weighted by molar-refractivity contribution is 6.36. The van der Waals surface area contributed by atoms with Gasteiger partial charge in [-0.05, 0) is 48.7 Å². The number of hydrogen-bond acceptors (Lipinski definition) is 3. The second-order valence-corrected chi connectivity index (χ2v) is 7.31. The number of amides is 2. The summed E-state index contributed by atoms with van der Waals surface area (Å²) in [5.41, 5.74) is 1.17. The van der Waals surface area contributed by atoms with Gasteiger partial charge in [0.05, 0.1) is 22.2 Å². The molecule has 1 atom stereocenters. The molecular formula is C20H19Cl2N3O2. The predicted octanol–water partition coefficient (Wildman–Crippen LogP) is 4.65. The second kappa shape index (κ2) is 9.40. The fraction of sp³-hybridized carbons (Fsp3) is 0.250. The Morgan fingerprint density at radius 3 is 2.52 bits per heavy atom. The zero-order valence-corrected chi connectivity index (χ0v) is 16.4. The van der Waals surface area contributed by atoms with Gasteiger partial charge in [-0.15, -0.1) is 0 Å². The van der Waals surface area contributed by atoms with Gasteiger partial charge in [0.2, 0.25) is 5.91 Å². The van der Waals surface area contributed by atoms with Crippen LogP contribution in [0.2, 0.25) is 10.0 Å². The minimum absolute atomic E-state index is 0.173. The van der Waals surface area contributed by atoms with Crippen LogP contribution in [0.25, 0.3) is 0 Å². The normalized spacial score (nSPS) is 11.6. The van der Waals surface area contributed by atoms with E-state index in [9.17, 15) is 9.59 Å². The van der Waals surface area contributed by atoms with Crippen LogP contribution in [-0.2, 0) is 4.79 Å². The van der Waals surface area contributed by atoms with Crippen molar-refractivity contribution in [2.24, 2.45) is 5.92 Å². The maximum atomic E-state index is 12.7. The average molecular weight is 404 g/mol. The van der Waals surface area contributed by atoms with Gasteiger partial charge in [-0.3, -0.25) is 9.59 Å². The summed E-state index contributed by atoms with van der Waals surface area (Å²) in [5.74, 6) is -0.646. The highest BCUT2D eigenvalue weighted by Crippen LogP contribution is 2.21. The Morgan fingerprint density at radius 1 is 1.15 bits per heavy atom. The van der Waals surface area contributed by atoms with Crippen molar-refractivity contribution < 1.29 is 9.59 Å². The summed E-state index contributed by atoms with van der Waals surface area (Å²) in [4.78, 5) is 25.3. The molecule has 27 heavy (non-hydrogen) atoms. The molecule has 0 heterocycles. The molecule has 0 aliphatic carbocycles. The molecular weight excluding hydrogens is 385 g/mol. The van der Waals surface area contributed by atoms with Gasteiger partial charge in [-0.25, -0.2) is 0 Å². The van der Waals surface area contributed by atoms with Crippen LogP contribution in [0.3, 0.4) is 0 Å². The van der Waals surface area contributed by atoms with Crippen molar-refractivity contribution in [2.75, 3.05) is 5.32 Å². The number of hydrogen-bond donors (Lipinski definition) is 2. The van der Waals surface area contributed by atoms with Crippen LogP contribution in [0.4, 0.5) is 5.69 Å². The molecule has 0 aliphatic rings. The van der Waals surface area contributed by atoms with E-state index in [-0.39, 0.29) is 22.4 Å². The molecule has 0 saturated heterocycles. The van der Waals surface area contributed by atoms with Gasteiger partial charge in [0, 0.05) is 10.7 Å². The van der Waals surface area contributed by atoms with Gasteiger partial charge in [0.25, 0.3) is 5.91 Å². The third kappa shape index (κ3) is 5.99. The first kappa shape index (κ1) is 20.8. The summed E-state index contributed by atoms with van der Waals surface area (Å²) in [6, 6.07) is 12.4. The first-order valence-electron chi connectivity index (χ1n) is 8.37. The summed E-state index contributed by atoms with van der Waals surface area (Å²) >= 11 is 11.9. The first-order valence-corrected chi connectivity index (χ1v) is 9.12. The van der Waals surface area contributed by atoms with Crippen molar-refractivity contribution in [1.29, 1.82) is 5.26 Å². The maximum Gasteiger partial charge on any atom is 0.253 e. The lowest BCUT2D eigenvalue weighted by Crippen LogP contribution is -2.44. The third-order valence-electron chi connectivity index (χ3n) is 3.76. The van der Waals surface area contributed by atoms with Crippen LogP contribution < -0.4 is 10.6 Å². The average Bonchev–Trinajstić information content (AvgIpc) is 2.60. The Bertz CT molecular complexity index is 891. The molecule has 0 fully saturated rings. The highest BCUT2D eigenvalue weighted by Gasteiger charge is 2.23. The molecule has 0 spiro atoms. The van der Waals surface area contributed by atoms with Crippen LogP contribution in [0.1, 0.15) is 36.2 Å². The van der Waals surface area contributed by atoms with Gasteiger partial charge in [-0.2, -0.15) is 5.26 Å². The van der Waals surface area contributed by atoms with Crippen molar-refractivity contribution in [3.63, 3.8) is 0 Å². The molecule has 2 N–H and O–H groups in total. The predicted molar refractivity (Wildman–Crippen MR) is 107 cm³/mol. The lowest BCUT2D eigenvalue weighted by molar-refractivity contribution is -0.118. The monoisotopic (exact) mass is 403 g/mol. The summed E-state index contributed by atoms with van der Waals surface area (Å²) in [5, 5.41) is 15.1. The minimum Gasteiger partial charge on any atom is -0.340 e. The lowest BCUT2D eigenvalue weighted by atomic mass is 10.0. The Hall–Kier alpha value is -2.55. The van der Waals surface area contributed by atoms with E-state index in [1.165, 1.54) is 12.1 Å². The number of halogens is 2. The van der Waals surface area contributed by atoms with E-state index in [0.29, 0.717) is 22.7 Å². The van der Waals surface area contributed by atoms with Crippen molar-refractivity contribution in [3.05, 3.63) is 63.6 Å². The molecule has 5 nitrogen and oxygen atoms in total. The van der Waals surface area contributed by atoms with E-state index < -0.39 is 11.9 Å². The first-order chi connectivity index (χ1) is 12.8. The van der Waals surface area contributed by atoms with Crippen LogP contribution >= 0.6 is 23.2 Å². The molecule has 0 bridgehead atoms. The van der Waals surface area contributed by atoms with Gasteiger partial charge in [0.15, 0.2) is 0 Å². The molecule has 7 heteroatoms. The van der Waals surface area contributed by atoms with Crippen molar-refractivity contribution >= 4 is 40.7 Å². The number of nitrogens with one attached hydrogen (secondary N) is 2. The SMILES string of the molecule is CC(C)C[C@@H](NC(=O)c1ccc(Cl)cc1Cl)C(=O)Nc1cccc(C#N)c1. The van der Waals surface area contributed by atoms with Crippen LogP contribution in [-0.4, -0.2) is 17.9 Å². The number of nitriles is 1. The fourth-order valence-corrected chi connectivity index (χ4v) is 3.00. The number of carbonyl (C=O) groups excluding carboxylic acids is 2. The smallest absolute Gasteiger partial charge is 0.253 e. The topological polar surface area (TPSA) is 82.0 Å². The number of anilines is 1. The summed E-state index contributed by atoms with van der Waals surface area (Å²) in [6.07, 6.45) is 0.445. The third-order valence-corrected chi connectivity index (χ3v) is 4.31. The number of rotatable bonds is 6. The fourth-order valence-electron chi connectivity index (χ4n) is 2.51. The zero-order valence-electron chi connectivity index (χ0n) is 14.9. The van der Waals surface area contributed by atoms with Gasteiger partial charge >= 0.3 is 0 Å². The summed E-state index contributed by atoms with van der Waals surface area (Å²) in [6.45, 7) is 3.91. The second-order valence-electron chi connectivity index (χ2n) is 6.46. The molecule has 0 aliphatic heterocycles. The van der Waals surface area contributed by atoms with Crippen LogP contribution in [0.5, 0.6) is 0 Å². The Morgan fingerprint density at radius 2 is 1.89 bits per heavy atom. The van der Waals surface area contributed by atoms with E-state index in [2.05, 4.69) is 10.6 Å². The number of nitrogens with zero attached hydrogens (tertiary/aromatic N) is 1. The lowest BCUT2D eigenvalue weighted by Gasteiger charge is -2.20. The van der Waals surface area contributed by atoms with E-state index in [1.54, 1.807) is 30.3 Å². The van der Waals surface area contributed by atoms with E-state index in [4.69, 9.17) is 28.5 Å². The van der Waals surface area contributed by atoms with E-state index in [0.717, 1.165) is 0 Å². The molecule has 2 aromatic rings. The Balaban J connectivity index is 2.17. The zero-order chi connectivity index (χ0) is 20.0. The summed E-state index contributed by atoms with van der Waals surface area (Å²) < 4.78 is 0. The summed E-state index contributed by atoms with van der Waals surface area (Å²) in [7, 11) is 0. The quantitative estimate of drug-likeness (QED) is 0.736. The Kier molecular flexibility index (Phi) is 7.23. The number of carbonyl (C=O) groups is 2. The van der Waals surface area contributed by atoms with E-state index >= 15 is 0 Å². The van der Waals surface area contributed by atoms with Crippen molar-refractivity contribution in [3.8, 4) is 6.07 Å². The van der Waals surface area contributed by atoms with Gasteiger partial charge in [0.1, 0.15) is 6.04 Å². The minimum atomic E-state index is -0.755. The van der Waals surface area contributed by atoms with Crippen molar-refractivity contribution in [1.82, 2.24) is 5.32 Å². The highest BCUT2D eigenvalue weighted by atomic mass is 35.5. The maximum absolute atomic E-state index is 12.7. The molecule has 0 unspecified atom stereocenters. The van der Waals surface area contributed by atoms with Crippen LogP contribution in [0, 0.1) is 17.2 Å². The van der Waals surface area contributed by atoms with Gasteiger partial charge in [-0.1, -0.05) is 43.1 Å². The molecule has 2 rings (SSSR count). The molecule has 0 radical (unpaired) electrons. The Labute approximate surface area is 168 Å². The van der Waals surface area contributed by atoms with Gasteiger partial charge < -0.3 is 10.6 Å². The number of benzene rings is 2. The molecule has 2 amide bonds.